The highest BCUT2D eigenvalue weighted by Crippen LogP contribution is 2.29. The summed E-state index contributed by atoms with van der Waals surface area (Å²) in [7, 11) is -0.319. The molecule has 2 rings (SSSR count). The average Bonchev–Trinajstić information content (AvgIpc) is 2.72. The van der Waals surface area contributed by atoms with E-state index in [1.54, 1.807) is 0 Å². The number of rotatable bonds is 5. The highest BCUT2D eigenvalue weighted by molar-refractivity contribution is 7.89. The summed E-state index contributed by atoms with van der Waals surface area (Å²) in [5.74, 6) is 0.237. The molecule has 0 radical (unpaired) electrons. The molecular weight excluding hydrogens is 369 g/mol. The number of benzene rings is 1. The minimum absolute atomic E-state index is 0.0451. The van der Waals surface area contributed by atoms with E-state index in [0.717, 1.165) is 17.0 Å². The van der Waals surface area contributed by atoms with Gasteiger partial charge in [-0.1, -0.05) is 37.0 Å². The van der Waals surface area contributed by atoms with E-state index in [9.17, 15) is 8.42 Å². The lowest BCUT2D eigenvalue weighted by atomic mass is 10.0. The third-order valence-corrected chi connectivity index (χ3v) is 6.43. The number of hydrogen-bond acceptors (Lipinski definition) is 3. The maximum atomic E-state index is 12.8. The molecule has 8 heteroatoms. The van der Waals surface area contributed by atoms with E-state index in [4.69, 9.17) is 23.2 Å². The minimum atomic E-state index is -3.73. The Hall–Kier alpha value is -1.08. The first kappa shape index (κ1) is 19.2. The van der Waals surface area contributed by atoms with Crippen molar-refractivity contribution in [1.29, 1.82) is 0 Å². The molecule has 0 amide bonds. The zero-order chi connectivity index (χ0) is 18.2. The van der Waals surface area contributed by atoms with Gasteiger partial charge in [-0.05, 0) is 31.0 Å². The molecule has 0 aliphatic rings. The van der Waals surface area contributed by atoms with Crippen molar-refractivity contribution < 1.29 is 8.42 Å². The van der Waals surface area contributed by atoms with Crippen LogP contribution in [0.2, 0.25) is 10.0 Å². The van der Waals surface area contributed by atoms with Crippen molar-refractivity contribution in [3.8, 4) is 0 Å². The summed E-state index contributed by atoms with van der Waals surface area (Å²) in [5.41, 5.74) is 2.77. The summed E-state index contributed by atoms with van der Waals surface area (Å²) < 4.78 is 28.8. The predicted molar refractivity (Wildman–Crippen MR) is 97.1 cm³/mol. The monoisotopic (exact) mass is 389 g/mol. The Morgan fingerprint density at radius 1 is 1.29 bits per heavy atom. The lowest BCUT2D eigenvalue weighted by Gasteiger charge is -2.19. The lowest BCUT2D eigenvalue weighted by Crippen LogP contribution is -2.27. The summed E-state index contributed by atoms with van der Waals surface area (Å²) in [6.07, 6.45) is 0. The molecule has 0 atom stereocenters. The van der Waals surface area contributed by atoms with Crippen LogP contribution >= 0.6 is 23.2 Å². The number of aryl methyl sites for hydroxylation is 2. The van der Waals surface area contributed by atoms with Crippen molar-refractivity contribution in [3.05, 3.63) is 45.2 Å². The molecule has 24 heavy (non-hydrogen) atoms. The fourth-order valence-electron chi connectivity index (χ4n) is 2.80. The maximum Gasteiger partial charge on any atom is 0.244 e. The molecule has 1 heterocycles. The molecule has 0 spiro atoms. The second-order valence-electron chi connectivity index (χ2n) is 6.06. The van der Waals surface area contributed by atoms with Crippen LogP contribution in [0, 0.1) is 6.92 Å². The number of aromatic nitrogens is 2. The second kappa shape index (κ2) is 7.04. The van der Waals surface area contributed by atoms with Crippen molar-refractivity contribution in [2.24, 2.45) is 7.05 Å². The Bertz CT molecular complexity index is 860. The Morgan fingerprint density at radius 2 is 1.92 bits per heavy atom. The van der Waals surface area contributed by atoms with Crippen molar-refractivity contribution in [2.75, 3.05) is 7.05 Å². The molecule has 0 unspecified atom stereocenters. The zero-order valence-corrected chi connectivity index (χ0v) is 16.7. The first-order valence-electron chi connectivity index (χ1n) is 7.49. The molecule has 0 saturated heterocycles. The van der Waals surface area contributed by atoms with Gasteiger partial charge >= 0.3 is 0 Å². The molecule has 0 N–H and O–H groups in total. The molecule has 0 saturated carbocycles. The van der Waals surface area contributed by atoms with Crippen LogP contribution in [-0.2, 0) is 23.6 Å². The van der Waals surface area contributed by atoms with E-state index in [1.165, 1.54) is 29.6 Å². The number of halogens is 2. The van der Waals surface area contributed by atoms with Crippen LogP contribution in [0.5, 0.6) is 0 Å². The molecule has 132 valence electrons. The van der Waals surface area contributed by atoms with Gasteiger partial charge in [-0.15, -0.1) is 0 Å². The fraction of sp³-hybridized carbons (Fsp3) is 0.438. The van der Waals surface area contributed by atoms with Gasteiger partial charge in [-0.2, -0.15) is 9.40 Å². The van der Waals surface area contributed by atoms with Gasteiger partial charge < -0.3 is 0 Å². The normalized spacial score (nSPS) is 12.4. The third-order valence-electron chi connectivity index (χ3n) is 3.90. The van der Waals surface area contributed by atoms with E-state index >= 15 is 0 Å². The molecule has 1 aromatic heterocycles. The van der Waals surface area contributed by atoms with E-state index in [1.807, 2.05) is 18.7 Å². The SMILES string of the molecule is Cc1nn(C)c(C(C)C)c1CN(C)S(=O)(=O)c1ccc(Cl)cc1Cl. The Kier molecular flexibility index (Phi) is 5.64. The number of hydrogen-bond donors (Lipinski definition) is 0. The average molecular weight is 390 g/mol. The van der Waals surface area contributed by atoms with Gasteiger partial charge in [0.25, 0.3) is 0 Å². The van der Waals surface area contributed by atoms with Crippen molar-refractivity contribution >= 4 is 33.2 Å². The van der Waals surface area contributed by atoms with Gasteiger partial charge in [0.15, 0.2) is 0 Å². The van der Waals surface area contributed by atoms with Gasteiger partial charge in [-0.3, -0.25) is 4.68 Å². The van der Waals surface area contributed by atoms with E-state index < -0.39 is 10.0 Å². The van der Waals surface area contributed by atoms with Crippen LogP contribution in [0.1, 0.15) is 36.7 Å². The molecule has 2 aromatic rings. The van der Waals surface area contributed by atoms with Crippen LogP contribution in [0.15, 0.2) is 23.1 Å². The van der Waals surface area contributed by atoms with E-state index in [-0.39, 0.29) is 22.4 Å². The van der Waals surface area contributed by atoms with Crippen LogP contribution in [0.25, 0.3) is 0 Å². The van der Waals surface area contributed by atoms with Crippen molar-refractivity contribution in [3.63, 3.8) is 0 Å². The summed E-state index contributed by atoms with van der Waals surface area (Å²) >= 11 is 11.9. The first-order valence-corrected chi connectivity index (χ1v) is 9.69. The largest absolute Gasteiger partial charge is 0.272 e. The minimum Gasteiger partial charge on any atom is -0.272 e. The van der Waals surface area contributed by atoms with Gasteiger partial charge in [0, 0.05) is 36.9 Å². The topological polar surface area (TPSA) is 55.2 Å². The molecule has 5 nitrogen and oxygen atoms in total. The quantitative estimate of drug-likeness (QED) is 0.776. The van der Waals surface area contributed by atoms with Crippen molar-refractivity contribution in [1.82, 2.24) is 14.1 Å². The molecular formula is C16H21Cl2N3O2S. The highest BCUT2D eigenvalue weighted by Gasteiger charge is 2.26. The number of sulfonamides is 1. The molecule has 0 aliphatic heterocycles. The molecule has 0 aliphatic carbocycles. The van der Waals surface area contributed by atoms with Crippen molar-refractivity contribution in [2.45, 2.75) is 38.1 Å². The van der Waals surface area contributed by atoms with Gasteiger partial charge in [0.1, 0.15) is 4.90 Å². The second-order valence-corrected chi connectivity index (χ2v) is 8.92. The van der Waals surface area contributed by atoms with Crippen LogP contribution in [-0.4, -0.2) is 29.6 Å². The number of nitrogens with zero attached hydrogens (tertiary/aromatic N) is 3. The molecule has 1 aromatic carbocycles. The summed E-state index contributed by atoms with van der Waals surface area (Å²) in [6, 6.07) is 4.37. The van der Waals surface area contributed by atoms with E-state index in [2.05, 4.69) is 18.9 Å². The fourth-order valence-corrected chi connectivity index (χ4v) is 4.68. The zero-order valence-electron chi connectivity index (χ0n) is 14.3. The first-order chi connectivity index (χ1) is 11.1. The Morgan fingerprint density at radius 3 is 2.46 bits per heavy atom. The molecule has 0 bridgehead atoms. The molecule has 0 fully saturated rings. The summed E-state index contributed by atoms with van der Waals surface area (Å²) in [4.78, 5) is 0.0451. The Balaban J connectivity index is 2.41. The Labute approximate surface area is 153 Å². The van der Waals surface area contributed by atoms with Crippen LogP contribution in [0.4, 0.5) is 0 Å². The van der Waals surface area contributed by atoms with E-state index in [0.29, 0.717) is 5.02 Å². The van der Waals surface area contributed by atoms with Crippen LogP contribution in [0.3, 0.4) is 0 Å². The van der Waals surface area contributed by atoms with Gasteiger partial charge in [0.2, 0.25) is 10.0 Å². The smallest absolute Gasteiger partial charge is 0.244 e. The third kappa shape index (κ3) is 3.61. The van der Waals surface area contributed by atoms with Crippen LogP contribution < -0.4 is 0 Å². The predicted octanol–water partition coefficient (Wildman–Crippen LogP) is 3.98. The maximum absolute atomic E-state index is 12.8. The van der Waals surface area contributed by atoms with Gasteiger partial charge in [-0.25, -0.2) is 8.42 Å². The standard InChI is InChI=1S/C16H21Cl2N3O2S/c1-10(2)16-13(11(3)19-21(16)5)9-20(4)24(22,23)15-7-6-12(17)8-14(15)18/h6-8,10H,9H2,1-5H3. The van der Waals surface area contributed by atoms with Gasteiger partial charge in [0.05, 0.1) is 10.7 Å². The highest BCUT2D eigenvalue weighted by atomic mass is 35.5. The summed E-state index contributed by atoms with van der Waals surface area (Å²) in [5, 5.41) is 4.93. The summed E-state index contributed by atoms with van der Waals surface area (Å²) in [6.45, 7) is 6.24. The lowest BCUT2D eigenvalue weighted by molar-refractivity contribution is 0.463.